The normalized spacial score (nSPS) is 9.68. The number of rotatable bonds is 3. The van der Waals surface area contributed by atoms with E-state index in [1.54, 1.807) is 36.7 Å². The first-order valence-electron chi connectivity index (χ1n) is 5.75. The third-order valence-corrected chi connectivity index (χ3v) is 2.54. The van der Waals surface area contributed by atoms with Crippen LogP contribution in [0.5, 0.6) is 0 Å². The van der Waals surface area contributed by atoms with Crippen LogP contribution in [0.4, 0.5) is 0 Å². The van der Waals surface area contributed by atoms with Crippen LogP contribution in [0.15, 0.2) is 36.7 Å². The fraction of sp³-hybridized carbons (Fsp3) is 0.143. The van der Waals surface area contributed by atoms with Crippen LogP contribution < -0.4 is 5.32 Å². The van der Waals surface area contributed by atoms with Crippen molar-refractivity contribution in [3.8, 4) is 6.07 Å². The van der Waals surface area contributed by atoms with Gasteiger partial charge in [0.05, 0.1) is 35.8 Å². The summed E-state index contributed by atoms with van der Waals surface area (Å²) in [6.45, 7) is 2.18. The number of hydrogen-bond acceptors (Lipinski definition) is 4. The van der Waals surface area contributed by atoms with E-state index in [0.29, 0.717) is 23.4 Å². The van der Waals surface area contributed by atoms with E-state index in [1.165, 1.54) is 0 Å². The van der Waals surface area contributed by atoms with Gasteiger partial charge in [-0.05, 0) is 31.2 Å². The molecule has 19 heavy (non-hydrogen) atoms. The van der Waals surface area contributed by atoms with Crippen LogP contribution in [0.3, 0.4) is 0 Å². The summed E-state index contributed by atoms with van der Waals surface area (Å²) < 4.78 is 0. The Morgan fingerprint density at radius 2 is 2.00 bits per heavy atom. The third kappa shape index (κ3) is 3.36. The minimum Gasteiger partial charge on any atom is -0.346 e. The quantitative estimate of drug-likeness (QED) is 0.899. The molecule has 0 aliphatic carbocycles. The number of hydrogen-bond donors (Lipinski definition) is 1. The van der Waals surface area contributed by atoms with Gasteiger partial charge in [-0.3, -0.25) is 14.8 Å². The van der Waals surface area contributed by atoms with Crippen LogP contribution >= 0.6 is 0 Å². The fourth-order valence-corrected chi connectivity index (χ4v) is 1.48. The van der Waals surface area contributed by atoms with Crippen molar-refractivity contribution in [2.24, 2.45) is 0 Å². The number of nitriles is 1. The number of carbonyl (C=O) groups is 1. The molecule has 2 rings (SSSR count). The summed E-state index contributed by atoms with van der Waals surface area (Å²) in [5.41, 5.74) is 2.58. The summed E-state index contributed by atoms with van der Waals surface area (Å²) >= 11 is 0. The molecular weight excluding hydrogens is 240 g/mol. The van der Waals surface area contributed by atoms with Crippen molar-refractivity contribution in [1.82, 2.24) is 15.3 Å². The largest absolute Gasteiger partial charge is 0.346 e. The minimum atomic E-state index is -0.202. The Morgan fingerprint density at radius 3 is 2.58 bits per heavy atom. The summed E-state index contributed by atoms with van der Waals surface area (Å²) in [7, 11) is 0. The van der Waals surface area contributed by atoms with Gasteiger partial charge in [-0.15, -0.1) is 0 Å². The van der Waals surface area contributed by atoms with Crippen molar-refractivity contribution >= 4 is 5.91 Å². The Balaban J connectivity index is 1.97. The first kappa shape index (κ1) is 12.7. The Morgan fingerprint density at radius 1 is 1.26 bits per heavy atom. The van der Waals surface area contributed by atoms with Crippen molar-refractivity contribution in [3.05, 3.63) is 59.2 Å². The molecule has 0 unspecified atom stereocenters. The molecule has 94 valence electrons. The van der Waals surface area contributed by atoms with E-state index in [9.17, 15) is 4.79 Å². The Labute approximate surface area is 110 Å². The molecule has 0 spiro atoms. The van der Waals surface area contributed by atoms with Crippen molar-refractivity contribution in [2.75, 3.05) is 0 Å². The van der Waals surface area contributed by atoms with Gasteiger partial charge in [0.2, 0.25) is 0 Å². The molecule has 0 bridgehead atoms. The molecular formula is C14H12N4O. The Hall–Kier alpha value is -2.74. The van der Waals surface area contributed by atoms with E-state index in [4.69, 9.17) is 5.26 Å². The number of aryl methyl sites for hydroxylation is 1. The van der Waals surface area contributed by atoms with Crippen molar-refractivity contribution < 1.29 is 4.79 Å². The lowest BCUT2D eigenvalue weighted by Crippen LogP contribution is -2.23. The Kier molecular flexibility index (Phi) is 3.84. The van der Waals surface area contributed by atoms with Gasteiger partial charge in [0.1, 0.15) is 0 Å². The van der Waals surface area contributed by atoms with Gasteiger partial charge in [0, 0.05) is 11.8 Å². The molecule has 2 aromatic rings. The molecule has 0 aliphatic heterocycles. The van der Waals surface area contributed by atoms with E-state index >= 15 is 0 Å². The van der Waals surface area contributed by atoms with Gasteiger partial charge in [-0.2, -0.15) is 5.26 Å². The maximum absolute atomic E-state index is 11.8. The van der Waals surface area contributed by atoms with Gasteiger partial charge >= 0.3 is 0 Å². The lowest BCUT2D eigenvalue weighted by Gasteiger charge is -2.04. The highest BCUT2D eigenvalue weighted by Gasteiger charge is 2.05. The molecule has 0 saturated carbocycles. The molecule has 0 radical (unpaired) electrons. The van der Waals surface area contributed by atoms with E-state index < -0.39 is 0 Å². The topological polar surface area (TPSA) is 78.7 Å². The van der Waals surface area contributed by atoms with Crippen LogP contribution in [-0.4, -0.2) is 15.9 Å². The summed E-state index contributed by atoms with van der Waals surface area (Å²) in [6.07, 6.45) is 3.29. The van der Waals surface area contributed by atoms with Gasteiger partial charge in [0.25, 0.3) is 5.91 Å². The highest BCUT2D eigenvalue weighted by molar-refractivity contribution is 5.94. The first-order chi connectivity index (χ1) is 9.19. The molecule has 0 saturated heterocycles. The van der Waals surface area contributed by atoms with Crippen LogP contribution in [0.25, 0.3) is 0 Å². The number of carbonyl (C=O) groups excluding carboxylic acids is 1. The van der Waals surface area contributed by atoms with Crippen molar-refractivity contribution in [3.63, 3.8) is 0 Å². The lowest BCUT2D eigenvalue weighted by atomic mass is 10.1. The monoisotopic (exact) mass is 252 g/mol. The number of nitrogens with zero attached hydrogens (tertiary/aromatic N) is 3. The standard InChI is InChI=1S/C14H12N4O/c1-10-7-17-13(8-16-10)9-18-14(19)12-4-2-11(6-15)3-5-12/h2-5,7-8H,9H2,1H3,(H,18,19). The smallest absolute Gasteiger partial charge is 0.251 e. The molecule has 0 aliphatic rings. The molecule has 5 nitrogen and oxygen atoms in total. The van der Waals surface area contributed by atoms with E-state index in [-0.39, 0.29) is 5.91 Å². The van der Waals surface area contributed by atoms with Gasteiger partial charge < -0.3 is 5.32 Å². The van der Waals surface area contributed by atoms with E-state index in [1.807, 2.05) is 13.0 Å². The third-order valence-electron chi connectivity index (χ3n) is 2.54. The second kappa shape index (κ2) is 5.74. The summed E-state index contributed by atoms with van der Waals surface area (Å²) in [6, 6.07) is 8.47. The van der Waals surface area contributed by atoms with Crippen LogP contribution in [0, 0.1) is 18.3 Å². The zero-order chi connectivity index (χ0) is 13.7. The SMILES string of the molecule is Cc1cnc(CNC(=O)c2ccc(C#N)cc2)cn1. The van der Waals surface area contributed by atoms with Gasteiger partial charge in [-0.1, -0.05) is 0 Å². The predicted molar refractivity (Wildman–Crippen MR) is 69.1 cm³/mol. The number of amides is 1. The van der Waals surface area contributed by atoms with Crippen LogP contribution in [-0.2, 0) is 6.54 Å². The van der Waals surface area contributed by atoms with Crippen molar-refractivity contribution in [2.45, 2.75) is 13.5 Å². The van der Waals surface area contributed by atoms with E-state index in [2.05, 4.69) is 15.3 Å². The predicted octanol–water partition coefficient (Wildman–Crippen LogP) is 1.59. The maximum atomic E-state index is 11.8. The average Bonchev–Trinajstić information content (AvgIpc) is 2.46. The van der Waals surface area contributed by atoms with E-state index in [0.717, 1.165) is 5.69 Å². The van der Waals surface area contributed by atoms with Crippen molar-refractivity contribution in [1.29, 1.82) is 5.26 Å². The molecule has 1 aromatic carbocycles. The van der Waals surface area contributed by atoms with Crippen LogP contribution in [0.1, 0.15) is 27.3 Å². The summed E-state index contributed by atoms with van der Waals surface area (Å²) in [5, 5.41) is 11.4. The van der Waals surface area contributed by atoms with Gasteiger partial charge in [-0.25, -0.2) is 0 Å². The molecule has 1 heterocycles. The molecule has 5 heteroatoms. The fourth-order valence-electron chi connectivity index (χ4n) is 1.48. The average molecular weight is 252 g/mol. The summed E-state index contributed by atoms with van der Waals surface area (Å²) in [4.78, 5) is 20.1. The molecule has 1 N–H and O–H groups in total. The second-order valence-electron chi connectivity index (χ2n) is 4.02. The Bertz CT molecular complexity index is 611. The number of benzene rings is 1. The maximum Gasteiger partial charge on any atom is 0.251 e. The van der Waals surface area contributed by atoms with Gasteiger partial charge in [0.15, 0.2) is 0 Å². The first-order valence-corrected chi connectivity index (χ1v) is 5.75. The number of nitrogens with one attached hydrogen (secondary N) is 1. The highest BCUT2D eigenvalue weighted by Crippen LogP contribution is 2.03. The molecule has 0 fully saturated rings. The zero-order valence-corrected chi connectivity index (χ0v) is 10.4. The minimum absolute atomic E-state index is 0.202. The lowest BCUT2D eigenvalue weighted by molar-refractivity contribution is 0.0950. The zero-order valence-electron chi connectivity index (χ0n) is 10.4. The molecule has 1 amide bonds. The van der Waals surface area contributed by atoms with Crippen LogP contribution in [0.2, 0.25) is 0 Å². The molecule has 1 aromatic heterocycles. The molecule has 0 atom stereocenters. The summed E-state index contributed by atoms with van der Waals surface area (Å²) in [5.74, 6) is -0.202. The number of aromatic nitrogens is 2. The highest BCUT2D eigenvalue weighted by atomic mass is 16.1. The second-order valence-corrected chi connectivity index (χ2v) is 4.02.